The normalized spacial score (nSPS) is 10.4. The molecule has 5 nitrogen and oxygen atoms in total. The van der Waals surface area contributed by atoms with Crippen LogP contribution in [0.15, 0.2) is 54.9 Å². The minimum Gasteiger partial charge on any atom is -0.495 e. The third-order valence-electron chi connectivity index (χ3n) is 2.92. The number of halogens is 1. The number of aromatic nitrogens is 3. The predicted octanol–water partition coefficient (Wildman–Crippen LogP) is 3.67. The second kappa shape index (κ2) is 5.85. The molecule has 1 aromatic heterocycles. The zero-order valence-corrected chi connectivity index (χ0v) is 12.1. The van der Waals surface area contributed by atoms with Crippen molar-refractivity contribution >= 4 is 23.2 Å². The summed E-state index contributed by atoms with van der Waals surface area (Å²) in [4.78, 5) is 4.23. The average Bonchev–Trinajstić information content (AvgIpc) is 2.98. The van der Waals surface area contributed by atoms with Gasteiger partial charge in [0.25, 0.3) is 0 Å². The Hall–Kier alpha value is -2.53. The quantitative estimate of drug-likeness (QED) is 0.798. The number of benzene rings is 2. The molecule has 0 aliphatic heterocycles. The van der Waals surface area contributed by atoms with Gasteiger partial charge in [-0.05, 0) is 24.3 Å². The molecule has 0 spiro atoms. The van der Waals surface area contributed by atoms with Gasteiger partial charge in [0.2, 0.25) is 5.95 Å². The molecule has 106 valence electrons. The van der Waals surface area contributed by atoms with Gasteiger partial charge in [0.05, 0.1) is 17.8 Å². The number of anilines is 2. The minimum atomic E-state index is 0.503. The van der Waals surface area contributed by atoms with E-state index in [-0.39, 0.29) is 0 Å². The van der Waals surface area contributed by atoms with E-state index in [0.717, 1.165) is 11.4 Å². The lowest BCUT2D eigenvalue weighted by Gasteiger charge is -2.06. The summed E-state index contributed by atoms with van der Waals surface area (Å²) in [5, 5.41) is 8.05. The maximum Gasteiger partial charge on any atom is 0.246 e. The lowest BCUT2D eigenvalue weighted by molar-refractivity contribution is 0.415. The van der Waals surface area contributed by atoms with Crippen LogP contribution in [0.3, 0.4) is 0 Å². The topological polar surface area (TPSA) is 52.0 Å². The summed E-state index contributed by atoms with van der Waals surface area (Å²) in [5.74, 6) is 1.10. The van der Waals surface area contributed by atoms with E-state index < -0.39 is 0 Å². The highest BCUT2D eigenvalue weighted by molar-refractivity contribution is 6.32. The van der Waals surface area contributed by atoms with Crippen LogP contribution in [-0.2, 0) is 0 Å². The van der Waals surface area contributed by atoms with E-state index in [1.807, 2.05) is 36.4 Å². The van der Waals surface area contributed by atoms with Crippen LogP contribution in [-0.4, -0.2) is 21.9 Å². The van der Waals surface area contributed by atoms with E-state index in [1.165, 1.54) is 0 Å². The molecule has 0 aliphatic carbocycles. The van der Waals surface area contributed by atoms with Gasteiger partial charge in [-0.3, -0.25) is 0 Å². The predicted molar refractivity (Wildman–Crippen MR) is 82.6 cm³/mol. The standard InChI is InChI=1S/C15H13ClN4O/c1-21-14-9-11(7-8-13(14)16)18-15-17-10-20(19-15)12-5-3-2-4-6-12/h2-10H,1H3,(H,18,19). The summed E-state index contributed by atoms with van der Waals surface area (Å²) in [7, 11) is 1.58. The van der Waals surface area contributed by atoms with Crippen molar-refractivity contribution in [1.29, 1.82) is 0 Å². The Morgan fingerprint density at radius 2 is 1.95 bits per heavy atom. The SMILES string of the molecule is COc1cc(Nc2ncn(-c3ccccc3)n2)ccc1Cl. The first-order chi connectivity index (χ1) is 10.3. The molecule has 0 amide bonds. The molecule has 3 aromatic rings. The summed E-state index contributed by atoms with van der Waals surface area (Å²) in [6.45, 7) is 0. The Morgan fingerprint density at radius 1 is 1.14 bits per heavy atom. The molecule has 2 aromatic carbocycles. The molecule has 0 radical (unpaired) electrons. The second-order valence-corrected chi connectivity index (χ2v) is 4.73. The molecule has 0 bridgehead atoms. The minimum absolute atomic E-state index is 0.503. The maximum absolute atomic E-state index is 6.00. The van der Waals surface area contributed by atoms with Gasteiger partial charge in [-0.2, -0.15) is 4.98 Å². The summed E-state index contributed by atoms with van der Waals surface area (Å²) >= 11 is 6.00. The number of nitrogens with zero attached hydrogens (tertiary/aromatic N) is 3. The zero-order valence-electron chi connectivity index (χ0n) is 11.3. The highest BCUT2D eigenvalue weighted by Crippen LogP contribution is 2.28. The molecule has 0 unspecified atom stereocenters. The van der Waals surface area contributed by atoms with Crippen LogP contribution in [0.25, 0.3) is 5.69 Å². The molecule has 3 rings (SSSR count). The van der Waals surface area contributed by atoms with Crippen LogP contribution in [0.5, 0.6) is 5.75 Å². The first-order valence-electron chi connectivity index (χ1n) is 6.34. The number of ether oxygens (including phenoxy) is 1. The first-order valence-corrected chi connectivity index (χ1v) is 6.72. The zero-order chi connectivity index (χ0) is 14.7. The third kappa shape index (κ3) is 2.98. The van der Waals surface area contributed by atoms with Gasteiger partial charge in [0.15, 0.2) is 0 Å². The fraction of sp³-hybridized carbons (Fsp3) is 0.0667. The van der Waals surface area contributed by atoms with Crippen LogP contribution in [0.2, 0.25) is 5.02 Å². The van der Waals surface area contributed by atoms with E-state index >= 15 is 0 Å². The smallest absolute Gasteiger partial charge is 0.246 e. The molecule has 0 fully saturated rings. The lowest BCUT2D eigenvalue weighted by Crippen LogP contribution is -1.97. The fourth-order valence-electron chi connectivity index (χ4n) is 1.89. The summed E-state index contributed by atoms with van der Waals surface area (Å²) in [6, 6.07) is 15.2. The van der Waals surface area contributed by atoms with E-state index in [9.17, 15) is 0 Å². The number of nitrogens with one attached hydrogen (secondary N) is 1. The van der Waals surface area contributed by atoms with Gasteiger partial charge in [0.1, 0.15) is 12.1 Å². The molecule has 1 heterocycles. The number of hydrogen-bond acceptors (Lipinski definition) is 4. The Labute approximate surface area is 127 Å². The van der Waals surface area contributed by atoms with Gasteiger partial charge in [-0.25, -0.2) is 4.68 Å². The van der Waals surface area contributed by atoms with Crippen molar-refractivity contribution < 1.29 is 4.74 Å². The van der Waals surface area contributed by atoms with Crippen LogP contribution in [0.4, 0.5) is 11.6 Å². The second-order valence-electron chi connectivity index (χ2n) is 4.32. The van der Waals surface area contributed by atoms with Gasteiger partial charge >= 0.3 is 0 Å². The molecule has 1 N–H and O–H groups in total. The molecule has 0 saturated heterocycles. The van der Waals surface area contributed by atoms with E-state index in [0.29, 0.717) is 16.7 Å². The Bertz CT molecular complexity index is 742. The molecule has 0 saturated carbocycles. The number of hydrogen-bond donors (Lipinski definition) is 1. The van der Waals surface area contributed by atoms with Crippen molar-refractivity contribution in [3.63, 3.8) is 0 Å². The summed E-state index contributed by atoms with van der Waals surface area (Å²) in [6.07, 6.45) is 1.66. The Kier molecular flexibility index (Phi) is 3.75. The van der Waals surface area contributed by atoms with Gasteiger partial charge < -0.3 is 10.1 Å². The van der Waals surface area contributed by atoms with Crippen molar-refractivity contribution in [1.82, 2.24) is 14.8 Å². The largest absolute Gasteiger partial charge is 0.495 e. The van der Waals surface area contributed by atoms with E-state index in [4.69, 9.17) is 16.3 Å². The van der Waals surface area contributed by atoms with Crippen LogP contribution in [0, 0.1) is 0 Å². The average molecular weight is 301 g/mol. The van der Waals surface area contributed by atoms with Gasteiger partial charge in [-0.15, -0.1) is 5.10 Å². The Morgan fingerprint density at radius 3 is 2.71 bits per heavy atom. The van der Waals surface area contributed by atoms with E-state index in [2.05, 4.69) is 15.4 Å². The first kappa shape index (κ1) is 13.5. The molecule has 0 aliphatic rings. The molecular weight excluding hydrogens is 288 g/mol. The Balaban J connectivity index is 1.82. The maximum atomic E-state index is 6.00. The monoisotopic (exact) mass is 300 g/mol. The van der Waals surface area contributed by atoms with Crippen molar-refractivity contribution in [2.75, 3.05) is 12.4 Å². The number of para-hydroxylation sites is 1. The molecule has 0 atom stereocenters. The van der Waals surface area contributed by atoms with Crippen LogP contribution < -0.4 is 10.1 Å². The summed E-state index contributed by atoms with van der Waals surface area (Å²) < 4.78 is 6.88. The third-order valence-corrected chi connectivity index (χ3v) is 3.23. The van der Waals surface area contributed by atoms with Crippen molar-refractivity contribution in [2.45, 2.75) is 0 Å². The van der Waals surface area contributed by atoms with Crippen LogP contribution >= 0.6 is 11.6 Å². The highest BCUT2D eigenvalue weighted by Gasteiger charge is 2.05. The highest BCUT2D eigenvalue weighted by atomic mass is 35.5. The molecular formula is C15H13ClN4O. The summed E-state index contributed by atoms with van der Waals surface area (Å²) in [5.41, 5.74) is 1.76. The number of rotatable bonds is 4. The van der Waals surface area contributed by atoms with Gasteiger partial charge in [-0.1, -0.05) is 29.8 Å². The van der Waals surface area contributed by atoms with E-state index in [1.54, 1.807) is 30.3 Å². The molecule has 6 heteroatoms. The van der Waals surface area contributed by atoms with Crippen molar-refractivity contribution in [2.24, 2.45) is 0 Å². The fourth-order valence-corrected chi connectivity index (χ4v) is 2.09. The number of methoxy groups -OCH3 is 1. The van der Waals surface area contributed by atoms with Gasteiger partial charge in [0, 0.05) is 11.8 Å². The van der Waals surface area contributed by atoms with Crippen LogP contribution in [0.1, 0.15) is 0 Å². The van der Waals surface area contributed by atoms with Crippen molar-refractivity contribution in [3.05, 3.63) is 59.9 Å². The van der Waals surface area contributed by atoms with Crippen molar-refractivity contribution in [3.8, 4) is 11.4 Å². The lowest BCUT2D eigenvalue weighted by atomic mass is 10.3. The molecule has 21 heavy (non-hydrogen) atoms.